The van der Waals surface area contributed by atoms with Crippen molar-refractivity contribution in [3.63, 3.8) is 0 Å². The zero-order chi connectivity index (χ0) is 21.3. The molecule has 1 atom stereocenters. The van der Waals surface area contributed by atoms with Gasteiger partial charge in [0.25, 0.3) is 0 Å². The number of ketones is 1. The lowest BCUT2D eigenvalue weighted by molar-refractivity contribution is -0.116. The third-order valence-electron chi connectivity index (χ3n) is 7.08. The topological polar surface area (TPSA) is 17.1 Å². The minimum absolute atomic E-state index is 0.155. The van der Waals surface area contributed by atoms with Gasteiger partial charge in [-0.2, -0.15) is 0 Å². The van der Waals surface area contributed by atoms with E-state index in [0.29, 0.717) is 12.3 Å². The zero-order valence-electron chi connectivity index (χ0n) is 19.3. The lowest BCUT2D eigenvalue weighted by Gasteiger charge is -2.21. The summed E-state index contributed by atoms with van der Waals surface area (Å²) in [6.45, 7) is 0. The fourth-order valence-corrected chi connectivity index (χ4v) is 5.28. The molecule has 1 aromatic rings. The van der Waals surface area contributed by atoms with Crippen molar-refractivity contribution in [2.45, 2.75) is 121 Å². The highest BCUT2D eigenvalue weighted by atomic mass is 35.5. The second-order valence-corrected chi connectivity index (χ2v) is 9.85. The molecule has 0 spiro atoms. The number of Topliss-reactive ketones (excluding diaryl/α,β-unsaturated/α-hetero) is 1. The van der Waals surface area contributed by atoms with Gasteiger partial charge in [0.05, 0.1) is 5.88 Å². The maximum absolute atomic E-state index is 11.6. The summed E-state index contributed by atoms with van der Waals surface area (Å²) in [6.07, 6.45) is 24.3. The van der Waals surface area contributed by atoms with Gasteiger partial charge in [0.1, 0.15) is 5.78 Å². The van der Waals surface area contributed by atoms with Crippen LogP contribution in [0.4, 0.5) is 0 Å². The predicted octanol–water partition coefficient (Wildman–Crippen LogP) is 9.23. The van der Waals surface area contributed by atoms with Crippen molar-refractivity contribution in [2.75, 3.05) is 5.88 Å². The Labute approximate surface area is 191 Å². The maximum Gasteiger partial charge on any atom is 0.147 e. The molecule has 1 aliphatic rings. The van der Waals surface area contributed by atoms with E-state index in [4.69, 9.17) is 11.6 Å². The molecule has 0 aromatic heterocycles. The van der Waals surface area contributed by atoms with Gasteiger partial charge >= 0.3 is 0 Å². The first kappa shape index (κ1) is 25.4. The van der Waals surface area contributed by atoms with Gasteiger partial charge in [0.2, 0.25) is 0 Å². The molecular formula is C28H45ClO. The summed E-state index contributed by atoms with van der Waals surface area (Å²) in [7, 11) is 0. The van der Waals surface area contributed by atoms with Gasteiger partial charge in [0.15, 0.2) is 0 Å². The van der Waals surface area contributed by atoms with Crippen molar-refractivity contribution in [3.05, 3.63) is 35.9 Å². The normalized spacial score (nSPS) is 15.9. The van der Waals surface area contributed by atoms with E-state index in [0.717, 1.165) is 12.3 Å². The van der Waals surface area contributed by atoms with E-state index in [2.05, 4.69) is 30.3 Å². The molecule has 0 saturated heterocycles. The first-order valence-corrected chi connectivity index (χ1v) is 13.5. The molecule has 0 radical (unpaired) electrons. The molecule has 30 heavy (non-hydrogen) atoms. The van der Waals surface area contributed by atoms with Gasteiger partial charge in [-0.15, -0.1) is 11.6 Å². The molecule has 1 fully saturated rings. The summed E-state index contributed by atoms with van der Waals surface area (Å²) < 4.78 is 0. The maximum atomic E-state index is 11.6. The Morgan fingerprint density at radius 1 is 0.800 bits per heavy atom. The zero-order valence-corrected chi connectivity index (χ0v) is 20.0. The Morgan fingerprint density at radius 2 is 1.40 bits per heavy atom. The first-order valence-electron chi connectivity index (χ1n) is 12.9. The molecule has 0 N–H and O–H groups in total. The molecule has 1 saturated carbocycles. The van der Waals surface area contributed by atoms with Crippen molar-refractivity contribution in [3.8, 4) is 0 Å². The molecular weight excluding hydrogens is 388 g/mol. The molecule has 170 valence electrons. The van der Waals surface area contributed by atoms with Crippen LogP contribution in [0.15, 0.2) is 30.3 Å². The molecule has 1 nitrogen and oxygen atoms in total. The number of alkyl halides is 1. The van der Waals surface area contributed by atoms with Crippen LogP contribution in [0.2, 0.25) is 0 Å². The van der Waals surface area contributed by atoms with Crippen molar-refractivity contribution < 1.29 is 4.79 Å². The molecule has 1 aromatic carbocycles. The molecule has 0 aliphatic heterocycles. The second-order valence-electron chi connectivity index (χ2n) is 9.58. The SMILES string of the molecule is O=C(CCl)CCC(CCCCCCCCCCCC1CCCCC1)c1ccccc1. The highest BCUT2D eigenvalue weighted by Gasteiger charge is 2.13. The van der Waals surface area contributed by atoms with Gasteiger partial charge in [-0.25, -0.2) is 0 Å². The summed E-state index contributed by atoms with van der Waals surface area (Å²) in [5.74, 6) is 1.90. The molecule has 1 aliphatic carbocycles. The summed E-state index contributed by atoms with van der Waals surface area (Å²) in [5, 5.41) is 0. The number of rotatable bonds is 17. The molecule has 1 unspecified atom stereocenters. The predicted molar refractivity (Wildman–Crippen MR) is 132 cm³/mol. The lowest BCUT2D eigenvalue weighted by Crippen LogP contribution is -2.05. The Morgan fingerprint density at radius 3 is 2.03 bits per heavy atom. The number of halogens is 1. The van der Waals surface area contributed by atoms with Gasteiger partial charge in [-0.05, 0) is 30.2 Å². The number of carbonyl (C=O) groups excluding carboxylic acids is 1. The van der Waals surface area contributed by atoms with E-state index in [9.17, 15) is 4.79 Å². The second kappa shape index (κ2) is 16.8. The quantitative estimate of drug-likeness (QED) is 0.177. The van der Waals surface area contributed by atoms with Crippen molar-refractivity contribution in [1.29, 1.82) is 0 Å². The third kappa shape index (κ3) is 11.5. The summed E-state index contributed by atoms with van der Waals surface area (Å²) in [4.78, 5) is 11.6. The lowest BCUT2D eigenvalue weighted by atomic mass is 9.85. The fourth-order valence-electron chi connectivity index (χ4n) is 5.14. The van der Waals surface area contributed by atoms with Crippen LogP contribution in [0, 0.1) is 5.92 Å². The van der Waals surface area contributed by atoms with Crippen LogP contribution in [-0.4, -0.2) is 11.7 Å². The van der Waals surface area contributed by atoms with Crippen LogP contribution >= 0.6 is 11.6 Å². The van der Waals surface area contributed by atoms with E-state index in [1.807, 2.05) is 0 Å². The van der Waals surface area contributed by atoms with Crippen LogP contribution < -0.4 is 0 Å². The number of hydrogen-bond donors (Lipinski definition) is 0. The molecule has 0 amide bonds. The van der Waals surface area contributed by atoms with Crippen LogP contribution in [0.3, 0.4) is 0 Å². The average Bonchev–Trinajstić information content (AvgIpc) is 2.80. The number of carbonyl (C=O) groups is 1. The Kier molecular flexibility index (Phi) is 14.3. The van der Waals surface area contributed by atoms with Crippen molar-refractivity contribution in [1.82, 2.24) is 0 Å². The van der Waals surface area contributed by atoms with E-state index in [1.54, 1.807) is 0 Å². The van der Waals surface area contributed by atoms with Crippen molar-refractivity contribution >= 4 is 17.4 Å². The number of unbranched alkanes of at least 4 members (excludes halogenated alkanes) is 8. The molecule has 2 heteroatoms. The molecule has 2 rings (SSSR count). The van der Waals surface area contributed by atoms with E-state index < -0.39 is 0 Å². The molecule has 0 heterocycles. The van der Waals surface area contributed by atoms with E-state index in [1.165, 1.54) is 108 Å². The van der Waals surface area contributed by atoms with E-state index in [-0.39, 0.29) is 11.7 Å². The van der Waals surface area contributed by atoms with Crippen LogP contribution in [0.25, 0.3) is 0 Å². The van der Waals surface area contributed by atoms with Gasteiger partial charge < -0.3 is 0 Å². The van der Waals surface area contributed by atoms with Crippen LogP contribution in [-0.2, 0) is 4.79 Å². The fraction of sp³-hybridized carbons (Fsp3) is 0.750. The first-order chi connectivity index (χ1) is 14.8. The monoisotopic (exact) mass is 432 g/mol. The Hall–Kier alpha value is -0.820. The number of benzene rings is 1. The average molecular weight is 433 g/mol. The summed E-state index contributed by atoms with van der Waals surface area (Å²) in [5.41, 5.74) is 1.38. The highest BCUT2D eigenvalue weighted by molar-refractivity contribution is 6.27. The summed E-state index contributed by atoms with van der Waals surface area (Å²) >= 11 is 5.68. The Balaban J connectivity index is 1.47. The van der Waals surface area contributed by atoms with Crippen molar-refractivity contribution in [2.24, 2.45) is 5.92 Å². The highest BCUT2D eigenvalue weighted by Crippen LogP contribution is 2.29. The smallest absolute Gasteiger partial charge is 0.147 e. The van der Waals surface area contributed by atoms with Crippen LogP contribution in [0.5, 0.6) is 0 Å². The Bertz CT molecular complexity index is 535. The van der Waals surface area contributed by atoms with Crippen LogP contribution in [0.1, 0.15) is 127 Å². The molecule has 0 bridgehead atoms. The largest absolute Gasteiger partial charge is 0.298 e. The number of hydrogen-bond acceptors (Lipinski definition) is 1. The third-order valence-corrected chi connectivity index (χ3v) is 7.38. The van der Waals surface area contributed by atoms with Gasteiger partial charge in [0, 0.05) is 6.42 Å². The standard InChI is InChI=1S/C28H45ClO/c29-24-28(30)23-22-27(26-19-14-9-15-20-26)21-13-7-5-3-1-2-4-6-10-16-25-17-11-8-12-18-25/h9,14-15,19-20,25,27H,1-8,10-13,16-18,21-24H2. The minimum atomic E-state index is 0.155. The minimum Gasteiger partial charge on any atom is -0.298 e. The van der Waals surface area contributed by atoms with Gasteiger partial charge in [-0.3, -0.25) is 4.79 Å². The summed E-state index contributed by atoms with van der Waals surface area (Å²) in [6, 6.07) is 10.7. The van der Waals surface area contributed by atoms with Gasteiger partial charge in [-0.1, -0.05) is 127 Å². The van der Waals surface area contributed by atoms with E-state index >= 15 is 0 Å².